The Bertz CT molecular complexity index is 1250. The van der Waals surface area contributed by atoms with Crippen LogP contribution in [0.15, 0.2) is 77.7 Å². The molecule has 0 aliphatic rings. The van der Waals surface area contributed by atoms with Crippen LogP contribution in [0, 0.1) is 0 Å². The van der Waals surface area contributed by atoms with Crippen molar-refractivity contribution in [2.24, 2.45) is 0 Å². The fraction of sp³-hybridized carbons (Fsp3) is 0.167. The molecular formula is C24H21ClN4O2. The number of carbonyl (C=O) groups excluding carboxylic acids is 1. The highest BCUT2D eigenvalue weighted by atomic mass is 35.5. The van der Waals surface area contributed by atoms with Crippen molar-refractivity contribution in [1.29, 1.82) is 0 Å². The lowest BCUT2D eigenvalue weighted by Gasteiger charge is -2.13. The van der Waals surface area contributed by atoms with E-state index in [0.717, 1.165) is 11.1 Å². The molecule has 6 nitrogen and oxygen atoms in total. The van der Waals surface area contributed by atoms with Crippen molar-refractivity contribution in [3.63, 3.8) is 0 Å². The van der Waals surface area contributed by atoms with Gasteiger partial charge in [-0.3, -0.25) is 14.2 Å². The monoisotopic (exact) mass is 432 g/mol. The minimum atomic E-state index is -0.154. The van der Waals surface area contributed by atoms with E-state index in [1.165, 1.54) is 0 Å². The maximum absolute atomic E-state index is 13.1. The molecule has 4 aromatic rings. The molecule has 2 heterocycles. The molecule has 0 spiro atoms. The fourth-order valence-corrected chi connectivity index (χ4v) is 3.46. The van der Waals surface area contributed by atoms with Gasteiger partial charge in [0.15, 0.2) is 5.65 Å². The van der Waals surface area contributed by atoms with Crippen LogP contribution in [0.2, 0.25) is 5.02 Å². The maximum atomic E-state index is 13.1. The second-order valence-corrected chi connectivity index (χ2v) is 7.62. The van der Waals surface area contributed by atoms with Gasteiger partial charge in [0, 0.05) is 30.6 Å². The van der Waals surface area contributed by atoms with E-state index in [2.05, 4.69) is 15.3 Å². The molecule has 0 unspecified atom stereocenters. The van der Waals surface area contributed by atoms with Gasteiger partial charge in [0.2, 0.25) is 5.91 Å². The highest BCUT2D eigenvalue weighted by Gasteiger charge is 2.13. The first-order valence-electron chi connectivity index (χ1n) is 9.99. The number of amides is 1. The average molecular weight is 433 g/mol. The lowest BCUT2D eigenvalue weighted by molar-refractivity contribution is -0.121. The van der Waals surface area contributed by atoms with Crippen molar-refractivity contribution in [3.8, 4) is 0 Å². The number of nitrogens with zero attached hydrogens (tertiary/aromatic N) is 3. The van der Waals surface area contributed by atoms with Gasteiger partial charge in [-0.25, -0.2) is 9.97 Å². The van der Waals surface area contributed by atoms with Crippen molar-refractivity contribution >= 4 is 28.5 Å². The molecule has 0 aliphatic heterocycles. The number of halogens is 1. The van der Waals surface area contributed by atoms with Crippen molar-refractivity contribution in [2.45, 2.75) is 25.9 Å². The van der Waals surface area contributed by atoms with Gasteiger partial charge in [0.05, 0.1) is 11.9 Å². The summed E-state index contributed by atoms with van der Waals surface area (Å²) in [7, 11) is 0. The smallest absolute Gasteiger partial charge is 0.263 e. The molecule has 2 aromatic heterocycles. The number of benzene rings is 2. The highest BCUT2D eigenvalue weighted by Crippen LogP contribution is 2.11. The van der Waals surface area contributed by atoms with E-state index >= 15 is 0 Å². The Hall–Kier alpha value is -3.51. The SMILES string of the molecule is O=C(CCc1nc2ncccc2c(=O)n1Cc1ccccc1)NCc1ccc(Cl)cc1. The number of nitrogens with one attached hydrogen (secondary N) is 1. The number of rotatable bonds is 7. The molecule has 1 N–H and O–H groups in total. The summed E-state index contributed by atoms with van der Waals surface area (Å²) < 4.78 is 1.63. The molecule has 7 heteroatoms. The molecule has 4 rings (SSSR count). The van der Waals surface area contributed by atoms with E-state index in [9.17, 15) is 9.59 Å². The van der Waals surface area contributed by atoms with Gasteiger partial charge >= 0.3 is 0 Å². The number of carbonyl (C=O) groups is 1. The zero-order valence-electron chi connectivity index (χ0n) is 16.8. The Kier molecular flexibility index (Phi) is 6.38. The molecule has 0 saturated carbocycles. The summed E-state index contributed by atoms with van der Waals surface area (Å²) in [4.78, 5) is 34.3. The Morgan fingerprint density at radius 3 is 2.52 bits per heavy atom. The highest BCUT2D eigenvalue weighted by molar-refractivity contribution is 6.30. The first-order valence-corrected chi connectivity index (χ1v) is 10.4. The fourth-order valence-electron chi connectivity index (χ4n) is 3.33. The molecule has 0 aliphatic carbocycles. The summed E-state index contributed by atoms with van der Waals surface area (Å²) in [6.07, 6.45) is 2.16. The van der Waals surface area contributed by atoms with E-state index < -0.39 is 0 Å². The molecule has 0 saturated heterocycles. The van der Waals surface area contributed by atoms with Gasteiger partial charge in [0.25, 0.3) is 5.56 Å². The number of fused-ring (bicyclic) bond motifs is 1. The van der Waals surface area contributed by atoms with E-state index in [-0.39, 0.29) is 17.9 Å². The van der Waals surface area contributed by atoms with Crippen LogP contribution in [0.3, 0.4) is 0 Å². The lowest BCUT2D eigenvalue weighted by atomic mass is 10.2. The largest absolute Gasteiger partial charge is 0.352 e. The normalized spacial score (nSPS) is 10.9. The Labute approximate surface area is 184 Å². The van der Waals surface area contributed by atoms with E-state index in [0.29, 0.717) is 41.4 Å². The Balaban J connectivity index is 1.52. The molecule has 0 radical (unpaired) electrons. The van der Waals surface area contributed by atoms with Crippen LogP contribution < -0.4 is 10.9 Å². The van der Waals surface area contributed by atoms with Gasteiger partial charge in [-0.05, 0) is 35.4 Å². The standard InChI is InChI=1S/C24H21ClN4O2/c25-19-10-8-17(9-11-19)15-27-22(30)13-12-21-28-23-20(7-4-14-26-23)24(31)29(21)16-18-5-2-1-3-6-18/h1-11,14H,12-13,15-16H2,(H,27,30). The van der Waals surface area contributed by atoms with Crippen molar-refractivity contribution in [3.05, 3.63) is 105 Å². The number of aryl methyl sites for hydroxylation is 1. The van der Waals surface area contributed by atoms with E-state index in [4.69, 9.17) is 11.6 Å². The third kappa shape index (κ3) is 5.16. The van der Waals surface area contributed by atoms with Crippen molar-refractivity contribution < 1.29 is 4.79 Å². The number of aromatic nitrogens is 3. The van der Waals surface area contributed by atoms with E-state index in [1.54, 1.807) is 35.0 Å². The summed E-state index contributed by atoms with van der Waals surface area (Å²) >= 11 is 5.89. The second-order valence-electron chi connectivity index (χ2n) is 7.18. The number of hydrogen-bond acceptors (Lipinski definition) is 4. The molecule has 0 bridgehead atoms. The number of hydrogen-bond donors (Lipinski definition) is 1. The quantitative estimate of drug-likeness (QED) is 0.482. The minimum absolute atomic E-state index is 0.114. The van der Waals surface area contributed by atoms with Crippen LogP contribution in [0.1, 0.15) is 23.4 Å². The van der Waals surface area contributed by atoms with Gasteiger partial charge < -0.3 is 5.32 Å². The van der Waals surface area contributed by atoms with Gasteiger partial charge in [0.1, 0.15) is 5.82 Å². The van der Waals surface area contributed by atoms with Crippen molar-refractivity contribution in [1.82, 2.24) is 19.9 Å². The summed E-state index contributed by atoms with van der Waals surface area (Å²) in [5, 5.41) is 4.02. The third-order valence-corrected chi connectivity index (χ3v) is 5.22. The molecule has 156 valence electrons. The van der Waals surface area contributed by atoms with Gasteiger partial charge in [-0.15, -0.1) is 0 Å². The topological polar surface area (TPSA) is 76.9 Å². The zero-order valence-corrected chi connectivity index (χ0v) is 17.5. The van der Waals surface area contributed by atoms with E-state index in [1.807, 2.05) is 42.5 Å². The first kappa shape index (κ1) is 20.8. The third-order valence-electron chi connectivity index (χ3n) is 4.97. The zero-order chi connectivity index (χ0) is 21.6. The molecule has 0 atom stereocenters. The Morgan fingerprint density at radius 1 is 0.968 bits per heavy atom. The first-order chi connectivity index (χ1) is 15.1. The Morgan fingerprint density at radius 2 is 1.74 bits per heavy atom. The van der Waals surface area contributed by atoms with Crippen molar-refractivity contribution in [2.75, 3.05) is 0 Å². The molecule has 0 fully saturated rings. The van der Waals surface area contributed by atoms with Crippen LogP contribution in [0.25, 0.3) is 11.0 Å². The average Bonchev–Trinajstić information content (AvgIpc) is 2.80. The molecule has 2 aromatic carbocycles. The predicted octanol–water partition coefficient (Wildman–Crippen LogP) is 3.74. The summed E-state index contributed by atoms with van der Waals surface area (Å²) in [6.45, 7) is 0.804. The van der Waals surface area contributed by atoms with Crippen LogP contribution in [0.4, 0.5) is 0 Å². The number of pyridine rings is 1. The van der Waals surface area contributed by atoms with Crippen LogP contribution in [-0.4, -0.2) is 20.4 Å². The maximum Gasteiger partial charge on any atom is 0.263 e. The van der Waals surface area contributed by atoms with Crippen LogP contribution >= 0.6 is 11.6 Å². The summed E-state index contributed by atoms with van der Waals surface area (Å²) in [6, 6.07) is 20.5. The van der Waals surface area contributed by atoms with Gasteiger partial charge in [-0.1, -0.05) is 54.1 Å². The summed E-state index contributed by atoms with van der Waals surface area (Å²) in [5.41, 5.74) is 2.20. The minimum Gasteiger partial charge on any atom is -0.352 e. The van der Waals surface area contributed by atoms with Crippen LogP contribution in [0.5, 0.6) is 0 Å². The molecule has 31 heavy (non-hydrogen) atoms. The molecular weight excluding hydrogens is 412 g/mol. The lowest BCUT2D eigenvalue weighted by Crippen LogP contribution is -2.28. The van der Waals surface area contributed by atoms with Gasteiger partial charge in [-0.2, -0.15) is 0 Å². The predicted molar refractivity (Wildman–Crippen MR) is 121 cm³/mol. The molecule has 1 amide bonds. The van der Waals surface area contributed by atoms with Crippen LogP contribution in [-0.2, 0) is 24.3 Å². The summed E-state index contributed by atoms with van der Waals surface area (Å²) in [5.74, 6) is 0.429. The second kappa shape index (κ2) is 9.53.